The fraction of sp³-hybridized carbons (Fsp3) is 0.714. The van der Waals surface area contributed by atoms with E-state index in [1.807, 2.05) is 0 Å². The molecule has 7 fully saturated rings. The summed E-state index contributed by atoms with van der Waals surface area (Å²) < 4.78 is 63.8. The van der Waals surface area contributed by atoms with Gasteiger partial charge in [-0.15, -0.1) is 0 Å². The van der Waals surface area contributed by atoms with Crippen molar-refractivity contribution in [2.24, 2.45) is 34.0 Å². The van der Waals surface area contributed by atoms with Gasteiger partial charge >= 0.3 is 35.8 Å². The topological polar surface area (TPSA) is 239 Å². The molecule has 2 N–H and O–H groups in total. The highest BCUT2D eigenvalue weighted by Crippen LogP contribution is 2.90. The van der Waals surface area contributed by atoms with Gasteiger partial charge in [0.25, 0.3) is 5.97 Å². The lowest BCUT2D eigenvalue weighted by atomic mass is 9.32. The van der Waals surface area contributed by atoms with Crippen molar-refractivity contribution in [3.05, 3.63) is 35.5 Å². The second-order valence-electron chi connectivity index (χ2n) is 18.4. The molecule has 328 valence electrons. The zero-order valence-electron chi connectivity index (χ0n) is 35.4. The average molecular weight is 845 g/mol. The van der Waals surface area contributed by atoms with E-state index in [1.165, 1.54) is 32.6 Å². The summed E-state index contributed by atoms with van der Waals surface area (Å²) in [5.74, 6) is -11.6. The van der Waals surface area contributed by atoms with Crippen molar-refractivity contribution in [1.82, 2.24) is 0 Å². The number of hydrogen-bond acceptors (Lipinski definition) is 18. The van der Waals surface area contributed by atoms with E-state index >= 15 is 0 Å². The van der Waals surface area contributed by atoms with Crippen molar-refractivity contribution in [2.75, 3.05) is 7.11 Å². The summed E-state index contributed by atoms with van der Waals surface area (Å²) in [5.41, 5.74) is -15.0. The molecular formula is C42H52O18. The maximum Gasteiger partial charge on any atom is 0.338 e. The van der Waals surface area contributed by atoms with Gasteiger partial charge in [0.2, 0.25) is 0 Å². The van der Waals surface area contributed by atoms with Crippen LogP contribution in [0.3, 0.4) is 0 Å². The minimum atomic E-state index is -2.63. The molecule has 1 aromatic heterocycles. The Morgan fingerprint density at radius 3 is 2.08 bits per heavy atom. The maximum atomic E-state index is 14.8. The van der Waals surface area contributed by atoms with Crippen LogP contribution in [0.5, 0.6) is 0 Å². The largest absolute Gasteiger partial charge is 0.512 e. The van der Waals surface area contributed by atoms with Gasteiger partial charge in [0.05, 0.1) is 36.5 Å². The molecular weight excluding hydrogens is 792 g/mol. The average Bonchev–Trinajstić information content (AvgIpc) is 3.86. The first-order valence-corrected chi connectivity index (χ1v) is 20.1. The summed E-state index contributed by atoms with van der Waals surface area (Å²) in [6, 6.07) is 1.50. The van der Waals surface area contributed by atoms with Crippen LogP contribution in [0.4, 0.5) is 0 Å². The summed E-state index contributed by atoms with van der Waals surface area (Å²) in [5, 5.41) is 26.2. The molecule has 15 atom stereocenters. The molecule has 0 aromatic carbocycles. The van der Waals surface area contributed by atoms with Gasteiger partial charge in [-0.05, 0) is 18.4 Å². The SMILES string of the molecule is CC/C(O)=C1/C(=O)O[C@@H](c2ccoc2)[C@@]2(C)[C@@H]1[C@@]13O[C@@]4(C)O[C@]56C[C@@](C)([C@H](OC(=O)C(C)C)[C@]5(O)[C@H]1OC(C)=O)[C@H](CC(=O)OC)[C@@]6(C)[C@@]3(O4)[C@H](OC(C)=O)[C@@H]2OC(C)=O. The van der Waals surface area contributed by atoms with Gasteiger partial charge in [0.1, 0.15) is 23.6 Å². The highest BCUT2D eigenvalue weighted by molar-refractivity contribution is 5.92. The van der Waals surface area contributed by atoms with E-state index in [9.17, 15) is 39.0 Å². The molecule has 1 aromatic rings. The number of rotatable bonds is 9. The lowest BCUT2D eigenvalue weighted by molar-refractivity contribution is -0.490. The van der Waals surface area contributed by atoms with Crippen molar-refractivity contribution in [1.29, 1.82) is 0 Å². The minimum Gasteiger partial charge on any atom is -0.512 e. The third kappa shape index (κ3) is 4.52. The van der Waals surface area contributed by atoms with Crippen LogP contribution in [-0.4, -0.2) is 106 Å². The molecule has 4 aliphatic carbocycles. The summed E-state index contributed by atoms with van der Waals surface area (Å²) in [4.78, 5) is 83.4. The van der Waals surface area contributed by atoms with Gasteiger partial charge in [-0.25, -0.2) is 4.79 Å². The molecule has 8 rings (SSSR count). The molecule has 3 saturated heterocycles. The number of esters is 6. The Bertz CT molecular complexity index is 2110. The van der Waals surface area contributed by atoms with E-state index in [-0.39, 0.29) is 18.4 Å². The summed E-state index contributed by atoms with van der Waals surface area (Å²) in [7, 11) is 1.19. The fourth-order valence-corrected chi connectivity index (χ4v) is 13.6. The van der Waals surface area contributed by atoms with Crippen molar-refractivity contribution in [2.45, 2.75) is 147 Å². The maximum absolute atomic E-state index is 14.8. The van der Waals surface area contributed by atoms with Crippen LogP contribution in [0, 0.1) is 34.0 Å². The molecule has 0 amide bonds. The van der Waals surface area contributed by atoms with Gasteiger partial charge in [-0.1, -0.05) is 41.5 Å². The number of ether oxygens (including phenoxy) is 9. The first kappa shape index (κ1) is 42.2. The number of hydrogen-bond donors (Lipinski definition) is 2. The smallest absolute Gasteiger partial charge is 0.338 e. The predicted octanol–water partition coefficient (Wildman–Crippen LogP) is 3.42. The number of allylic oxidation sites excluding steroid dienone is 1. The van der Waals surface area contributed by atoms with E-state index in [1.54, 1.807) is 41.5 Å². The van der Waals surface area contributed by atoms with Gasteiger partial charge in [-0.3, -0.25) is 24.0 Å². The monoisotopic (exact) mass is 844 g/mol. The predicted molar refractivity (Wildman–Crippen MR) is 196 cm³/mol. The summed E-state index contributed by atoms with van der Waals surface area (Å²) in [6.07, 6.45) is -6.80. The minimum absolute atomic E-state index is 0.169. The number of furan rings is 1. The van der Waals surface area contributed by atoms with Gasteiger partial charge < -0.3 is 57.3 Å². The van der Waals surface area contributed by atoms with Crippen molar-refractivity contribution >= 4 is 35.8 Å². The zero-order chi connectivity index (χ0) is 44.1. The normalized spacial score (nSPS) is 47.1. The van der Waals surface area contributed by atoms with Gasteiger partial charge in [0, 0.05) is 62.8 Å². The lowest BCUT2D eigenvalue weighted by Crippen LogP contribution is -2.97. The third-order valence-electron chi connectivity index (χ3n) is 15.1. The Labute approximate surface area is 345 Å². The van der Waals surface area contributed by atoms with Crippen LogP contribution < -0.4 is 0 Å². The number of fused-ring (bicyclic) bond motifs is 3. The van der Waals surface area contributed by atoms with E-state index in [0.29, 0.717) is 0 Å². The number of cyclic esters (lactones) is 1. The van der Waals surface area contributed by atoms with Gasteiger partial charge in [0.15, 0.2) is 35.1 Å². The highest BCUT2D eigenvalue weighted by atomic mass is 16.9. The first-order valence-electron chi connectivity index (χ1n) is 20.1. The summed E-state index contributed by atoms with van der Waals surface area (Å²) in [6.45, 7) is 14.4. The Morgan fingerprint density at radius 2 is 1.53 bits per heavy atom. The molecule has 4 saturated carbocycles. The molecule has 3 aliphatic heterocycles. The molecule has 18 heteroatoms. The zero-order valence-corrected chi connectivity index (χ0v) is 35.4. The molecule has 18 nitrogen and oxygen atoms in total. The van der Waals surface area contributed by atoms with Crippen molar-refractivity contribution in [3.63, 3.8) is 0 Å². The first-order chi connectivity index (χ1) is 27.9. The van der Waals surface area contributed by atoms with Crippen LogP contribution in [0.25, 0.3) is 0 Å². The fourth-order valence-electron chi connectivity index (χ4n) is 13.6. The molecule has 4 heterocycles. The molecule has 4 bridgehead atoms. The van der Waals surface area contributed by atoms with Crippen LogP contribution in [0.1, 0.15) is 100 Å². The van der Waals surface area contributed by atoms with Crippen LogP contribution in [-0.2, 0) is 71.4 Å². The second kappa shape index (κ2) is 12.8. The number of aliphatic hydroxyl groups excluding tert-OH is 1. The molecule has 7 aliphatic rings. The molecule has 0 unspecified atom stereocenters. The lowest BCUT2D eigenvalue weighted by Gasteiger charge is -2.78. The standard InChI is InChI=1S/C42H52O18/c1-12-23(46)26-27-36(8,28(56-32(26)49)22-13-14-52-16-22)29(53-19(4)43)30(54-20(5)44)42-37(9)24(15-25(47)51-11)35(7)17-39(37)40(50,33(35)57-31(48)18(2)3)34(55-21(6)45)41(27,42)59-38(10,58-39)60-42/h13-14,16,18,24,27-30,33-34,46,50H,12,15,17H2,1-11H3/b26-23-/t24-,27+,28-,29-,30+,33-,34+,35+,36+,37+,38+,39-,40-,41+,42-/m0/s1. The number of methoxy groups -OCH3 is 1. The quantitative estimate of drug-likeness (QED) is 0.157. The highest BCUT2D eigenvalue weighted by Gasteiger charge is 3.07. The molecule has 60 heavy (non-hydrogen) atoms. The molecule has 2 spiro atoms. The van der Waals surface area contributed by atoms with Gasteiger partial charge in [-0.2, -0.15) is 0 Å². The third-order valence-corrected chi connectivity index (χ3v) is 15.1. The van der Waals surface area contributed by atoms with Crippen LogP contribution >= 0.6 is 0 Å². The van der Waals surface area contributed by atoms with Crippen LogP contribution in [0.2, 0.25) is 0 Å². The second-order valence-corrected chi connectivity index (χ2v) is 18.4. The Hall–Kier alpha value is -4.52. The van der Waals surface area contributed by atoms with E-state index in [0.717, 1.165) is 20.8 Å². The number of aliphatic hydroxyl groups is 2. The van der Waals surface area contributed by atoms with E-state index in [2.05, 4.69) is 0 Å². The van der Waals surface area contributed by atoms with Crippen LogP contribution in [0.15, 0.2) is 34.3 Å². The Kier molecular flexibility index (Phi) is 8.97. The van der Waals surface area contributed by atoms with E-state index < -0.39 is 146 Å². The number of carbonyl (C=O) groups excluding carboxylic acids is 6. The van der Waals surface area contributed by atoms with E-state index in [4.69, 9.17) is 47.0 Å². The number of carbonyl (C=O) groups is 6. The van der Waals surface area contributed by atoms with Crippen molar-refractivity contribution < 1.29 is 86.0 Å². The Balaban J connectivity index is 1.61. The summed E-state index contributed by atoms with van der Waals surface area (Å²) >= 11 is 0. The Morgan fingerprint density at radius 1 is 0.900 bits per heavy atom. The molecule has 0 radical (unpaired) electrons. The van der Waals surface area contributed by atoms with Crippen molar-refractivity contribution in [3.8, 4) is 0 Å².